The molecule has 0 spiro atoms. The average molecular weight is 1560 g/mol. The number of carbonyl (C=O) groups is 4. The summed E-state index contributed by atoms with van der Waals surface area (Å²) in [7, 11) is -9.93. The maximum Gasteiger partial charge on any atom is 0.472 e. The van der Waals surface area contributed by atoms with Gasteiger partial charge >= 0.3 is 39.5 Å². The first-order valence-corrected chi connectivity index (χ1v) is 48.8. The molecule has 3 N–H and O–H groups in total. The Hall–Kier alpha value is -1.94. The lowest BCUT2D eigenvalue weighted by molar-refractivity contribution is -0.161. The Bertz CT molecular complexity index is 2020. The van der Waals surface area contributed by atoms with Crippen LogP contribution in [0, 0.1) is 0 Å². The van der Waals surface area contributed by atoms with Crippen molar-refractivity contribution in [3.05, 3.63) is 0 Å². The minimum absolute atomic E-state index is 0.109. The molecule has 19 heteroatoms. The van der Waals surface area contributed by atoms with Gasteiger partial charge in [-0.2, -0.15) is 0 Å². The van der Waals surface area contributed by atoms with E-state index in [1.807, 2.05) is 0 Å². The maximum atomic E-state index is 13.2. The molecule has 0 heterocycles. The second-order valence-electron chi connectivity index (χ2n) is 31.6. The van der Waals surface area contributed by atoms with Gasteiger partial charge in [-0.15, -0.1) is 0 Å². The zero-order chi connectivity index (χ0) is 78.1. The van der Waals surface area contributed by atoms with Crippen molar-refractivity contribution >= 4 is 39.5 Å². The lowest BCUT2D eigenvalue weighted by Gasteiger charge is -2.21. The van der Waals surface area contributed by atoms with E-state index < -0.39 is 97.5 Å². The van der Waals surface area contributed by atoms with Gasteiger partial charge in [-0.3, -0.25) is 37.3 Å². The number of hydrogen-bond donors (Lipinski definition) is 3. The highest BCUT2D eigenvalue weighted by Gasteiger charge is 2.30. The van der Waals surface area contributed by atoms with E-state index in [0.29, 0.717) is 25.7 Å². The second-order valence-corrected chi connectivity index (χ2v) is 34.5. The van der Waals surface area contributed by atoms with E-state index in [-0.39, 0.29) is 25.7 Å². The molecule has 0 saturated heterocycles. The number of phosphoric ester groups is 2. The highest BCUT2D eigenvalue weighted by molar-refractivity contribution is 7.47. The Labute approximate surface area is 658 Å². The number of hydrogen-bond acceptors (Lipinski definition) is 15. The van der Waals surface area contributed by atoms with Crippen molar-refractivity contribution in [1.29, 1.82) is 0 Å². The molecule has 0 aliphatic heterocycles. The summed E-state index contributed by atoms with van der Waals surface area (Å²) in [6.07, 6.45) is 77.9. The Morgan fingerprint density at radius 3 is 0.551 bits per heavy atom. The molecule has 636 valence electrons. The largest absolute Gasteiger partial charge is 0.472 e. The molecule has 0 aromatic heterocycles. The van der Waals surface area contributed by atoms with E-state index in [1.165, 1.54) is 315 Å². The summed E-state index contributed by atoms with van der Waals surface area (Å²) in [6, 6.07) is 0. The van der Waals surface area contributed by atoms with Crippen LogP contribution in [0.15, 0.2) is 0 Å². The molecule has 0 bridgehead atoms. The molecule has 0 aromatic carbocycles. The smallest absolute Gasteiger partial charge is 0.462 e. The number of phosphoric acid groups is 2. The molecule has 0 fully saturated rings. The monoisotopic (exact) mass is 1560 g/mol. The summed E-state index contributed by atoms with van der Waals surface area (Å²) in [5, 5.41) is 10.7. The van der Waals surface area contributed by atoms with Crippen molar-refractivity contribution in [1.82, 2.24) is 0 Å². The molecule has 2 unspecified atom stereocenters. The maximum absolute atomic E-state index is 13.2. The predicted molar refractivity (Wildman–Crippen MR) is 442 cm³/mol. The van der Waals surface area contributed by atoms with Gasteiger partial charge in [-0.25, -0.2) is 9.13 Å². The fourth-order valence-electron chi connectivity index (χ4n) is 13.9. The Kier molecular flexibility index (Phi) is 80.6. The fourth-order valence-corrected chi connectivity index (χ4v) is 15.5. The van der Waals surface area contributed by atoms with Crippen molar-refractivity contribution in [2.75, 3.05) is 39.6 Å². The van der Waals surface area contributed by atoms with Crippen LogP contribution in [0.1, 0.15) is 484 Å². The van der Waals surface area contributed by atoms with Gasteiger partial charge in [-0.05, 0) is 25.7 Å². The van der Waals surface area contributed by atoms with E-state index in [4.69, 9.17) is 37.0 Å². The standard InChI is InChI=1S/C88H172O17P2/c1-5-9-13-17-21-25-29-32-35-38-40-42-44-46-49-52-55-59-63-67-71-75-88(93)105-84(79-99-86(91)73-69-65-61-57-53-50-48-45-43-41-39-36-33-30-26-22-18-14-10-6-2)81-103-107(96,97)101-77-82(89)76-100-106(94,95)102-80-83(78-98-85(90)72-68-64-60-56-28-24-20-16-12-8-4)104-87(92)74-70-66-62-58-54-51-47-37-34-31-27-23-19-15-11-7-3/h82-84,89H,5-81H2,1-4H3,(H,94,95)(H,96,97)/t82-,83+,84+/m0/s1. The van der Waals surface area contributed by atoms with Gasteiger partial charge < -0.3 is 33.8 Å². The highest BCUT2D eigenvalue weighted by Crippen LogP contribution is 2.45. The van der Waals surface area contributed by atoms with E-state index in [1.54, 1.807) is 0 Å². The quantitative estimate of drug-likeness (QED) is 0.0222. The number of carbonyl (C=O) groups excluding carboxylic acids is 4. The highest BCUT2D eigenvalue weighted by atomic mass is 31.2. The number of ether oxygens (including phenoxy) is 4. The van der Waals surface area contributed by atoms with Crippen molar-refractivity contribution < 1.29 is 80.2 Å². The molecule has 107 heavy (non-hydrogen) atoms. The normalized spacial score (nSPS) is 13.7. The first kappa shape index (κ1) is 105. The summed E-state index contributed by atoms with van der Waals surface area (Å²) in [5.41, 5.74) is 0. The van der Waals surface area contributed by atoms with Crippen LogP contribution >= 0.6 is 15.6 Å². The minimum Gasteiger partial charge on any atom is -0.462 e. The third-order valence-corrected chi connectivity index (χ3v) is 22.8. The minimum atomic E-state index is -4.97. The molecular weight excluding hydrogens is 1390 g/mol. The van der Waals surface area contributed by atoms with Crippen LogP contribution in [-0.2, 0) is 65.4 Å². The van der Waals surface area contributed by atoms with Crippen LogP contribution in [0.3, 0.4) is 0 Å². The number of aliphatic hydroxyl groups excluding tert-OH is 1. The molecule has 0 aliphatic rings. The summed E-state index contributed by atoms with van der Waals surface area (Å²) < 4.78 is 68.9. The number of aliphatic hydroxyl groups is 1. The number of esters is 4. The van der Waals surface area contributed by atoms with Crippen LogP contribution in [0.5, 0.6) is 0 Å². The Morgan fingerprint density at radius 2 is 0.374 bits per heavy atom. The molecule has 0 amide bonds. The van der Waals surface area contributed by atoms with Crippen LogP contribution in [0.4, 0.5) is 0 Å². The van der Waals surface area contributed by atoms with Crippen molar-refractivity contribution in [2.45, 2.75) is 502 Å². The first-order chi connectivity index (χ1) is 52.2. The molecule has 0 saturated carbocycles. The van der Waals surface area contributed by atoms with E-state index >= 15 is 0 Å². The van der Waals surface area contributed by atoms with Crippen molar-refractivity contribution in [3.63, 3.8) is 0 Å². The van der Waals surface area contributed by atoms with Gasteiger partial charge in [0.15, 0.2) is 12.2 Å². The zero-order valence-electron chi connectivity index (χ0n) is 70.1. The second kappa shape index (κ2) is 82.1. The summed E-state index contributed by atoms with van der Waals surface area (Å²) in [6.45, 7) is 5.06. The van der Waals surface area contributed by atoms with Gasteiger partial charge in [-0.1, -0.05) is 432 Å². The summed E-state index contributed by atoms with van der Waals surface area (Å²) in [5.74, 6) is -2.10. The lowest BCUT2D eigenvalue weighted by atomic mass is 10.0. The zero-order valence-corrected chi connectivity index (χ0v) is 71.9. The third-order valence-electron chi connectivity index (χ3n) is 20.9. The number of unbranched alkanes of at least 4 members (excludes halogenated alkanes) is 63. The van der Waals surface area contributed by atoms with Crippen molar-refractivity contribution in [2.24, 2.45) is 0 Å². The lowest BCUT2D eigenvalue weighted by Crippen LogP contribution is -2.30. The van der Waals surface area contributed by atoms with E-state index in [2.05, 4.69) is 27.7 Å². The van der Waals surface area contributed by atoms with Crippen LogP contribution in [-0.4, -0.2) is 96.7 Å². The average Bonchev–Trinajstić information content (AvgIpc) is 0.902. The molecule has 0 aromatic rings. The van der Waals surface area contributed by atoms with E-state index in [9.17, 15) is 43.2 Å². The molecule has 17 nitrogen and oxygen atoms in total. The van der Waals surface area contributed by atoms with Gasteiger partial charge in [0.2, 0.25) is 0 Å². The van der Waals surface area contributed by atoms with Gasteiger partial charge in [0.05, 0.1) is 26.4 Å². The Balaban J connectivity index is 5.21. The first-order valence-electron chi connectivity index (χ1n) is 45.8. The van der Waals surface area contributed by atoms with Crippen LogP contribution in [0.25, 0.3) is 0 Å². The molecule has 0 aliphatic carbocycles. The SMILES string of the molecule is CCCCCCCCCCCCCCCCCCCCCCCC(=O)O[C@H](COC(=O)CCCCCCCCCCCCCCCCCCCCCC)COP(=O)(O)OC[C@@H](O)COP(=O)(O)OC[C@@H](COC(=O)CCCCCCCCCCCC)OC(=O)CCCCCCCCCCCCCCCCCC. The van der Waals surface area contributed by atoms with Gasteiger partial charge in [0.25, 0.3) is 0 Å². The predicted octanol–water partition coefficient (Wildman–Crippen LogP) is 27.3. The number of rotatable bonds is 89. The molecule has 5 atom stereocenters. The fraction of sp³-hybridized carbons (Fsp3) is 0.955. The van der Waals surface area contributed by atoms with Gasteiger partial charge in [0.1, 0.15) is 19.3 Å². The summed E-state index contributed by atoms with van der Waals surface area (Å²) >= 11 is 0. The topological polar surface area (TPSA) is 237 Å². The van der Waals surface area contributed by atoms with Crippen LogP contribution in [0.2, 0.25) is 0 Å². The Morgan fingerprint density at radius 1 is 0.224 bits per heavy atom. The third kappa shape index (κ3) is 81.9. The summed E-state index contributed by atoms with van der Waals surface area (Å²) in [4.78, 5) is 73.3. The molecule has 0 rings (SSSR count). The van der Waals surface area contributed by atoms with Crippen LogP contribution < -0.4 is 0 Å². The van der Waals surface area contributed by atoms with Gasteiger partial charge in [0, 0.05) is 25.7 Å². The molecular formula is C88H172O17P2. The van der Waals surface area contributed by atoms with Crippen molar-refractivity contribution in [3.8, 4) is 0 Å². The molecule has 0 radical (unpaired) electrons. The van der Waals surface area contributed by atoms with E-state index in [0.717, 1.165) is 89.9 Å².